The van der Waals surface area contributed by atoms with Crippen LogP contribution in [0.1, 0.15) is 5.56 Å². The molecule has 32 heavy (non-hydrogen) atoms. The number of fused-ring (bicyclic) bond motifs is 1. The SMILES string of the molecule is O=C(Cc1cccc(Br)c1)Nc1ccc(-c2ccc3nnc(-c4cccnc4)n3n2)cc1. The summed E-state index contributed by atoms with van der Waals surface area (Å²) in [6.07, 6.45) is 3.76. The molecule has 3 heterocycles. The van der Waals surface area contributed by atoms with Crippen LogP contribution in [0.3, 0.4) is 0 Å². The molecule has 156 valence electrons. The molecule has 7 nitrogen and oxygen atoms in total. The Labute approximate surface area is 192 Å². The van der Waals surface area contributed by atoms with E-state index in [1.54, 1.807) is 16.9 Å². The summed E-state index contributed by atoms with van der Waals surface area (Å²) in [5.74, 6) is 0.562. The number of carbonyl (C=O) groups is 1. The summed E-state index contributed by atoms with van der Waals surface area (Å²) in [5, 5.41) is 16.1. The van der Waals surface area contributed by atoms with E-state index in [9.17, 15) is 4.79 Å². The number of nitrogens with zero attached hydrogens (tertiary/aromatic N) is 5. The fraction of sp³-hybridized carbons (Fsp3) is 0.0417. The summed E-state index contributed by atoms with van der Waals surface area (Å²) in [6.45, 7) is 0. The van der Waals surface area contributed by atoms with Gasteiger partial charge in [0.25, 0.3) is 0 Å². The van der Waals surface area contributed by atoms with Crippen molar-refractivity contribution >= 4 is 33.2 Å². The first kappa shape index (κ1) is 20.0. The molecule has 0 aliphatic rings. The largest absolute Gasteiger partial charge is 0.326 e. The molecule has 8 heteroatoms. The van der Waals surface area contributed by atoms with Crippen molar-refractivity contribution in [3.63, 3.8) is 0 Å². The van der Waals surface area contributed by atoms with Crippen LogP contribution >= 0.6 is 15.9 Å². The van der Waals surface area contributed by atoms with Crippen molar-refractivity contribution < 1.29 is 4.79 Å². The number of hydrogen-bond acceptors (Lipinski definition) is 5. The molecular formula is C24H17BrN6O. The zero-order valence-corrected chi connectivity index (χ0v) is 18.4. The van der Waals surface area contributed by atoms with Gasteiger partial charge in [0.2, 0.25) is 5.91 Å². The summed E-state index contributed by atoms with van der Waals surface area (Å²) >= 11 is 3.43. The summed E-state index contributed by atoms with van der Waals surface area (Å²) in [5.41, 5.74) is 4.87. The van der Waals surface area contributed by atoms with Crippen LogP contribution in [0.4, 0.5) is 5.69 Å². The average molecular weight is 485 g/mol. The first-order valence-corrected chi connectivity index (χ1v) is 10.7. The van der Waals surface area contributed by atoms with Gasteiger partial charge in [0.15, 0.2) is 11.5 Å². The van der Waals surface area contributed by atoms with Crippen LogP contribution in [-0.4, -0.2) is 30.7 Å². The van der Waals surface area contributed by atoms with Gasteiger partial charge in [0.05, 0.1) is 12.1 Å². The molecule has 0 aliphatic heterocycles. The minimum Gasteiger partial charge on any atom is -0.326 e. The number of hydrogen-bond donors (Lipinski definition) is 1. The summed E-state index contributed by atoms with van der Waals surface area (Å²) < 4.78 is 2.66. The van der Waals surface area contributed by atoms with Crippen LogP contribution < -0.4 is 5.32 Å². The lowest BCUT2D eigenvalue weighted by atomic mass is 10.1. The highest BCUT2D eigenvalue weighted by Gasteiger charge is 2.11. The maximum absolute atomic E-state index is 12.4. The number of aromatic nitrogens is 5. The minimum atomic E-state index is -0.0685. The number of rotatable bonds is 5. The van der Waals surface area contributed by atoms with E-state index in [1.165, 1.54) is 0 Å². The van der Waals surface area contributed by atoms with Crippen LogP contribution in [0.5, 0.6) is 0 Å². The van der Waals surface area contributed by atoms with Crippen LogP contribution in [0, 0.1) is 0 Å². The highest BCUT2D eigenvalue weighted by atomic mass is 79.9. The molecule has 3 aromatic heterocycles. The lowest BCUT2D eigenvalue weighted by Crippen LogP contribution is -2.14. The minimum absolute atomic E-state index is 0.0685. The van der Waals surface area contributed by atoms with Crippen LogP contribution in [0.15, 0.2) is 89.7 Å². The molecule has 0 fully saturated rings. The lowest BCUT2D eigenvalue weighted by molar-refractivity contribution is -0.115. The monoisotopic (exact) mass is 484 g/mol. The highest BCUT2D eigenvalue weighted by Crippen LogP contribution is 2.22. The summed E-state index contributed by atoms with van der Waals surface area (Å²) in [7, 11) is 0. The van der Waals surface area contributed by atoms with E-state index in [1.807, 2.05) is 72.8 Å². The smallest absolute Gasteiger partial charge is 0.228 e. The Morgan fingerprint density at radius 1 is 0.938 bits per heavy atom. The fourth-order valence-electron chi connectivity index (χ4n) is 3.38. The summed E-state index contributed by atoms with van der Waals surface area (Å²) in [4.78, 5) is 16.5. The van der Waals surface area contributed by atoms with Gasteiger partial charge in [-0.1, -0.05) is 40.2 Å². The van der Waals surface area contributed by atoms with Gasteiger partial charge in [-0.2, -0.15) is 9.61 Å². The van der Waals surface area contributed by atoms with Gasteiger partial charge in [0, 0.05) is 33.7 Å². The van der Waals surface area contributed by atoms with Crippen molar-refractivity contribution in [3.8, 4) is 22.6 Å². The Balaban J connectivity index is 1.35. The molecule has 0 unspecified atom stereocenters. The van der Waals surface area contributed by atoms with Crippen molar-refractivity contribution in [2.24, 2.45) is 0 Å². The first-order valence-electron chi connectivity index (χ1n) is 9.93. The van der Waals surface area contributed by atoms with Crippen molar-refractivity contribution in [2.75, 3.05) is 5.32 Å². The molecule has 0 saturated carbocycles. The molecule has 2 aromatic carbocycles. The number of pyridine rings is 1. The Kier molecular flexibility index (Phi) is 5.43. The van der Waals surface area contributed by atoms with Gasteiger partial charge in [-0.15, -0.1) is 10.2 Å². The molecule has 0 saturated heterocycles. The predicted molar refractivity (Wildman–Crippen MR) is 126 cm³/mol. The van der Waals surface area contributed by atoms with E-state index in [-0.39, 0.29) is 5.91 Å². The number of benzene rings is 2. The second kappa shape index (κ2) is 8.68. The second-order valence-corrected chi connectivity index (χ2v) is 8.10. The maximum atomic E-state index is 12.4. The topological polar surface area (TPSA) is 85.1 Å². The van der Waals surface area contributed by atoms with Gasteiger partial charge >= 0.3 is 0 Å². The zero-order valence-electron chi connectivity index (χ0n) is 16.8. The Bertz CT molecular complexity index is 1400. The van der Waals surface area contributed by atoms with E-state index in [0.29, 0.717) is 17.9 Å². The zero-order chi connectivity index (χ0) is 21.9. The summed E-state index contributed by atoms with van der Waals surface area (Å²) in [6, 6.07) is 22.9. The molecule has 0 bridgehead atoms. The molecule has 0 atom stereocenters. The molecule has 5 aromatic rings. The Morgan fingerprint density at radius 2 is 1.81 bits per heavy atom. The van der Waals surface area contributed by atoms with Crippen LogP contribution in [0.2, 0.25) is 0 Å². The lowest BCUT2D eigenvalue weighted by Gasteiger charge is -2.07. The standard InChI is InChI=1S/C24H17BrN6O/c25-19-5-1-3-16(13-19)14-23(32)27-20-8-6-17(7-9-20)21-10-11-22-28-29-24(31(22)30-21)18-4-2-12-26-15-18/h1-13,15H,14H2,(H,27,32). The fourth-order valence-corrected chi connectivity index (χ4v) is 3.83. The number of anilines is 1. The molecule has 0 radical (unpaired) electrons. The third-order valence-corrected chi connectivity index (χ3v) is 5.39. The van der Waals surface area contributed by atoms with E-state index in [0.717, 1.165) is 32.5 Å². The van der Waals surface area contributed by atoms with Gasteiger partial charge < -0.3 is 5.32 Å². The average Bonchev–Trinajstić information content (AvgIpc) is 3.23. The predicted octanol–water partition coefficient (Wildman–Crippen LogP) is 4.80. The molecular weight excluding hydrogens is 468 g/mol. The Morgan fingerprint density at radius 3 is 2.59 bits per heavy atom. The first-order chi connectivity index (χ1) is 15.7. The number of amides is 1. The number of carbonyl (C=O) groups excluding carboxylic acids is 1. The van der Waals surface area contributed by atoms with Crippen LogP contribution in [0.25, 0.3) is 28.3 Å². The molecule has 1 amide bonds. The molecule has 5 rings (SSSR count). The van der Waals surface area contributed by atoms with E-state index >= 15 is 0 Å². The van der Waals surface area contributed by atoms with E-state index in [4.69, 9.17) is 5.10 Å². The van der Waals surface area contributed by atoms with Crippen molar-refractivity contribution in [2.45, 2.75) is 6.42 Å². The van der Waals surface area contributed by atoms with Crippen molar-refractivity contribution in [1.29, 1.82) is 0 Å². The second-order valence-electron chi connectivity index (χ2n) is 7.19. The van der Waals surface area contributed by atoms with Gasteiger partial charge in [-0.05, 0) is 54.1 Å². The maximum Gasteiger partial charge on any atom is 0.228 e. The van der Waals surface area contributed by atoms with E-state index in [2.05, 4.69) is 36.4 Å². The van der Waals surface area contributed by atoms with Crippen LogP contribution in [-0.2, 0) is 11.2 Å². The third-order valence-electron chi connectivity index (χ3n) is 4.90. The number of nitrogens with one attached hydrogen (secondary N) is 1. The van der Waals surface area contributed by atoms with Crippen molar-refractivity contribution in [1.82, 2.24) is 24.8 Å². The van der Waals surface area contributed by atoms with E-state index < -0.39 is 0 Å². The highest BCUT2D eigenvalue weighted by molar-refractivity contribution is 9.10. The van der Waals surface area contributed by atoms with Gasteiger partial charge in [-0.25, -0.2) is 0 Å². The normalized spacial score (nSPS) is 10.9. The van der Waals surface area contributed by atoms with Gasteiger partial charge in [-0.3, -0.25) is 9.78 Å². The van der Waals surface area contributed by atoms with Crippen molar-refractivity contribution in [3.05, 3.63) is 95.2 Å². The third kappa shape index (κ3) is 4.26. The molecule has 0 aliphatic carbocycles. The number of halogens is 1. The quantitative estimate of drug-likeness (QED) is 0.387. The molecule has 1 N–H and O–H groups in total. The molecule has 0 spiro atoms. The van der Waals surface area contributed by atoms with Gasteiger partial charge in [0.1, 0.15) is 0 Å². The Hall–Kier alpha value is -3.91.